The van der Waals surface area contributed by atoms with E-state index in [1.165, 1.54) is 29.2 Å². The topological polar surface area (TPSA) is 82.6 Å². The van der Waals surface area contributed by atoms with Crippen LogP contribution in [0.3, 0.4) is 0 Å². The van der Waals surface area contributed by atoms with Gasteiger partial charge in [-0.25, -0.2) is 4.39 Å². The number of H-pyrrole nitrogens is 1. The molecule has 5 rings (SSSR count). The lowest BCUT2D eigenvalue weighted by atomic mass is 9.94. The zero-order chi connectivity index (χ0) is 25.4. The van der Waals surface area contributed by atoms with E-state index in [4.69, 9.17) is 4.74 Å². The van der Waals surface area contributed by atoms with Crippen LogP contribution in [0.25, 0.3) is 16.7 Å². The van der Waals surface area contributed by atoms with E-state index in [1.807, 2.05) is 38.1 Å². The zero-order valence-electron chi connectivity index (χ0n) is 19.9. The van der Waals surface area contributed by atoms with Gasteiger partial charge in [-0.3, -0.25) is 14.5 Å². The summed E-state index contributed by atoms with van der Waals surface area (Å²) in [5, 5.41) is 12.2. The molecule has 1 unspecified atom stereocenters. The molecule has 1 fully saturated rings. The minimum absolute atomic E-state index is 0.0462. The second kappa shape index (κ2) is 9.34. The normalized spacial score (nSPS) is 17.3. The Morgan fingerprint density at radius 1 is 1.06 bits per heavy atom. The number of Topliss-reactive ketones (excluding diaryl/α,β-unsaturated/α-hetero) is 1. The summed E-state index contributed by atoms with van der Waals surface area (Å²) in [7, 11) is 0. The molecule has 1 aliphatic heterocycles. The average molecular weight is 485 g/mol. The van der Waals surface area contributed by atoms with Crippen LogP contribution >= 0.6 is 0 Å². The SMILES string of the molecule is CC(C)COc1cccc(/C(O)=C2\C(=O)C(=O)N(c3ccc(F)cc3)C2c2c[nH]c3ccccc23)c1. The smallest absolute Gasteiger partial charge is 0.300 e. The number of aliphatic hydroxyl groups is 1. The molecular weight excluding hydrogens is 459 g/mol. The van der Waals surface area contributed by atoms with Gasteiger partial charge in [0.25, 0.3) is 11.7 Å². The molecule has 1 saturated heterocycles. The number of nitrogens with one attached hydrogen (secondary N) is 1. The first-order valence-corrected chi connectivity index (χ1v) is 11.7. The molecule has 1 aromatic heterocycles. The number of ketones is 1. The van der Waals surface area contributed by atoms with Gasteiger partial charge in [0.2, 0.25) is 0 Å². The van der Waals surface area contributed by atoms with Crippen molar-refractivity contribution in [2.45, 2.75) is 19.9 Å². The minimum Gasteiger partial charge on any atom is -0.507 e. The Balaban J connectivity index is 1.69. The van der Waals surface area contributed by atoms with Crippen LogP contribution < -0.4 is 9.64 Å². The molecule has 2 heterocycles. The van der Waals surface area contributed by atoms with Crippen LogP contribution in [0, 0.1) is 11.7 Å². The van der Waals surface area contributed by atoms with Gasteiger partial charge in [-0.2, -0.15) is 0 Å². The van der Waals surface area contributed by atoms with E-state index < -0.39 is 23.5 Å². The summed E-state index contributed by atoms with van der Waals surface area (Å²) in [6.45, 7) is 4.55. The van der Waals surface area contributed by atoms with Gasteiger partial charge in [-0.15, -0.1) is 0 Å². The number of para-hydroxylation sites is 1. The fourth-order valence-electron chi connectivity index (χ4n) is 4.47. The summed E-state index contributed by atoms with van der Waals surface area (Å²) in [4.78, 5) is 31.2. The van der Waals surface area contributed by atoms with E-state index in [2.05, 4.69) is 4.98 Å². The summed E-state index contributed by atoms with van der Waals surface area (Å²) in [5.41, 5.74) is 2.12. The molecule has 4 aromatic rings. The highest BCUT2D eigenvalue weighted by Gasteiger charge is 2.47. The number of ether oxygens (including phenoxy) is 1. The third-order valence-electron chi connectivity index (χ3n) is 6.16. The number of aromatic nitrogens is 1. The first-order chi connectivity index (χ1) is 17.3. The first kappa shape index (κ1) is 23.4. The Morgan fingerprint density at radius 3 is 2.56 bits per heavy atom. The van der Waals surface area contributed by atoms with E-state index in [0.717, 1.165) is 10.9 Å². The number of nitrogens with zero attached hydrogens (tertiary/aromatic N) is 1. The maximum atomic E-state index is 13.7. The lowest BCUT2D eigenvalue weighted by molar-refractivity contribution is -0.132. The molecule has 36 heavy (non-hydrogen) atoms. The number of anilines is 1. The number of fused-ring (bicyclic) bond motifs is 1. The van der Waals surface area contributed by atoms with E-state index in [0.29, 0.717) is 35.1 Å². The molecular formula is C29H25FN2O4. The van der Waals surface area contributed by atoms with Crippen molar-refractivity contribution in [2.24, 2.45) is 5.92 Å². The number of halogens is 1. The molecule has 6 nitrogen and oxygen atoms in total. The van der Waals surface area contributed by atoms with Crippen molar-refractivity contribution in [2.75, 3.05) is 11.5 Å². The largest absolute Gasteiger partial charge is 0.507 e. The van der Waals surface area contributed by atoms with E-state index in [9.17, 15) is 19.1 Å². The Labute approximate surface area is 207 Å². The highest BCUT2D eigenvalue weighted by molar-refractivity contribution is 6.51. The molecule has 0 aliphatic carbocycles. The summed E-state index contributed by atoms with van der Waals surface area (Å²) in [6, 6.07) is 18.7. The second-order valence-corrected chi connectivity index (χ2v) is 9.17. The molecule has 0 bridgehead atoms. The number of rotatable bonds is 6. The van der Waals surface area contributed by atoms with Crippen LogP contribution in [0.5, 0.6) is 5.75 Å². The Bertz CT molecular complexity index is 1490. The summed E-state index contributed by atoms with van der Waals surface area (Å²) in [6.07, 6.45) is 1.73. The molecule has 3 aromatic carbocycles. The third kappa shape index (κ3) is 4.13. The molecule has 1 amide bonds. The molecule has 2 N–H and O–H groups in total. The lowest BCUT2D eigenvalue weighted by Crippen LogP contribution is -2.29. The van der Waals surface area contributed by atoms with E-state index in [-0.39, 0.29) is 11.3 Å². The van der Waals surface area contributed by atoms with Crippen molar-refractivity contribution >= 4 is 34.0 Å². The molecule has 1 aliphatic rings. The van der Waals surface area contributed by atoms with Gasteiger partial charge < -0.3 is 14.8 Å². The summed E-state index contributed by atoms with van der Waals surface area (Å²) >= 11 is 0. The van der Waals surface area contributed by atoms with Crippen LogP contribution in [-0.4, -0.2) is 28.4 Å². The second-order valence-electron chi connectivity index (χ2n) is 9.17. The maximum absolute atomic E-state index is 13.7. The zero-order valence-corrected chi connectivity index (χ0v) is 19.9. The molecule has 0 spiro atoms. The Hall–Kier alpha value is -4.39. The molecule has 0 saturated carbocycles. The van der Waals surface area contributed by atoms with Gasteiger partial charge in [0.15, 0.2) is 0 Å². The Kier molecular flexibility index (Phi) is 6.06. The molecule has 1 atom stereocenters. The van der Waals surface area contributed by atoms with Crippen LogP contribution in [0.1, 0.15) is 31.0 Å². The van der Waals surface area contributed by atoms with Gasteiger partial charge in [-0.1, -0.05) is 44.2 Å². The summed E-state index contributed by atoms with van der Waals surface area (Å²) < 4.78 is 19.5. The van der Waals surface area contributed by atoms with Crippen molar-refractivity contribution < 1.29 is 23.8 Å². The van der Waals surface area contributed by atoms with Gasteiger partial charge in [-0.05, 0) is 48.4 Å². The highest BCUT2D eigenvalue weighted by Crippen LogP contribution is 2.44. The number of amides is 1. The van der Waals surface area contributed by atoms with Crippen molar-refractivity contribution in [3.05, 3.63) is 102 Å². The number of carbonyl (C=O) groups is 2. The molecule has 7 heteroatoms. The van der Waals surface area contributed by atoms with Crippen LogP contribution in [0.2, 0.25) is 0 Å². The molecule has 182 valence electrons. The van der Waals surface area contributed by atoms with Crippen LogP contribution in [-0.2, 0) is 9.59 Å². The van der Waals surface area contributed by atoms with Crippen LogP contribution in [0.4, 0.5) is 10.1 Å². The van der Waals surface area contributed by atoms with Gasteiger partial charge in [0, 0.05) is 33.9 Å². The fraction of sp³-hybridized carbons (Fsp3) is 0.172. The third-order valence-corrected chi connectivity index (χ3v) is 6.16. The first-order valence-electron chi connectivity index (χ1n) is 11.7. The van der Waals surface area contributed by atoms with Crippen LogP contribution in [0.15, 0.2) is 84.6 Å². The van der Waals surface area contributed by atoms with Crippen molar-refractivity contribution in [1.29, 1.82) is 0 Å². The fourth-order valence-corrected chi connectivity index (χ4v) is 4.47. The average Bonchev–Trinajstić information content (AvgIpc) is 3.41. The minimum atomic E-state index is -0.924. The van der Waals surface area contributed by atoms with Crippen molar-refractivity contribution in [3.8, 4) is 5.75 Å². The van der Waals surface area contributed by atoms with E-state index in [1.54, 1.807) is 30.5 Å². The molecule has 0 radical (unpaired) electrons. The number of carbonyl (C=O) groups excluding carboxylic acids is 2. The standard InChI is InChI=1S/C29H25FN2O4/c1-17(2)16-36-21-7-5-6-18(14-21)27(33)25-26(23-15-31-24-9-4-3-8-22(23)24)32(29(35)28(25)34)20-12-10-19(30)11-13-20/h3-15,17,26,31,33H,16H2,1-2H3/b27-25+. The Morgan fingerprint density at radius 2 is 1.81 bits per heavy atom. The van der Waals surface area contributed by atoms with Gasteiger partial charge in [0.1, 0.15) is 17.3 Å². The number of aromatic amines is 1. The van der Waals surface area contributed by atoms with E-state index >= 15 is 0 Å². The lowest BCUT2D eigenvalue weighted by Gasteiger charge is -2.25. The predicted molar refractivity (Wildman–Crippen MR) is 136 cm³/mol. The number of hydrogen-bond donors (Lipinski definition) is 2. The quantitative estimate of drug-likeness (QED) is 0.201. The van der Waals surface area contributed by atoms with Gasteiger partial charge in [0.05, 0.1) is 18.2 Å². The number of benzene rings is 3. The predicted octanol–water partition coefficient (Wildman–Crippen LogP) is 5.97. The maximum Gasteiger partial charge on any atom is 0.300 e. The van der Waals surface area contributed by atoms with Gasteiger partial charge >= 0.3 is 0 Å². The monoisotopic (exact) mass is 484 g/mol. The number of aliphatic hydroxyl groups excluding tert-OH is 1. The van der Waals surface area contributed by atoms with Crippen molar-refractivity contribution in [1.82, 2.24) is 4.98 Å². The highest BCUT2D eigenvalue weighted by atomic mass is 19.1. The summed E-state index contributed by atoms with van der Waals surface area (Å²) in [5.74, 6) is -1.53. The van der Waals surface area contributed by atoms with Crippen molar-refractivity contribution in [3.63, 3.8) is 0 Å². The number of hydrogen-bond acceptors (Lipinski definition) is 4.